The Morgan fingerprint density at radius 1 is 1.25 bits per heavy atom. The second-order valence-corrected chi connectivity index (χ2v) is 5.34. The molecule has 3 N–H and O–H groups in total. The third-order valence-corrected chi connectivity index (χ3v) is 2.29. The van der Waals surface area contributed by atoms with Gasteiger partial charge in [0.25, 0.3) is 0 Å². The standard InChI is InChI=1S/C14H19NO5/c1-14(2,3)20-13(18)19-10-6-4-9(5-7-10)11(15)8-12(16)17/h4-7,11H,8,15H2,1-3H3,(H,16,17). The van der Waals surface area contributed by atoms with E-state index in [1.54, 1.807) is 45.0 Å². The van der Waals surface area contributed by atoms with Crippen molar-refractivity contribution in [2.45, 2.75) is 38.8 Å². The van der Waals surface area contributed by atoms with Crippen molar-refractivity contribution >= 4 is 12.1 Å². The van der Waals surface area contributed by atoms with Crippen molar-refractivity contribution in [1.29, 1.82) is 0 Å². The van der Waals surface area contributed by atoms with Gasteiger partial charge in [0.15, 0.2) is 0 Å². The number of rotatable bonds is 4. The number of benzene rings is 1. The minimum Gasteiger partial charge on any atom is -0.481 e. The molecule has 1 unspecified atom stereocenters. The van der Waals surface area contributed by atoms with Crippen molar-refractivity contribution in [2.24, 2.45) is 5.73 Å². The van der Waals surface area contributed by atoms with Crippen LogP contribution in [0.2, 0.25) is 0 Å². The predicted molar refractivity (Wildman–Crippen MR) is 72.5 cm³/mol. The summed E-state index contributed by atoms with van der Waals surface area (Å²) in [5.74, 6) is -0.655. The molecule has 0 aliphatic rings. The molecule has 0 aliphatic carbocycles. The van der Waals surface area contributed by atoms with Gasteiger partial charge < -0.3 is 20.3 Å². The number of carbonyl (C=O) groups is 2. The lowest BCUT2D eigenvalue weighted by molar-refractivity contribution is -0.137. The monoisotopic (exact) mass is 281 g/mol. The number of carboxylic acid groups (broad SMARTS) is 1. The highest BCUT2D eigenvalue weighted by Crippen LogP contribution is 2.19. The fourth-order valence-corrected chi connectivity index (χ4v) is 1.46. The summed E-state index contributed by atoms with van der Waals surface area (Å²) < 4.78 is 10.00. The van der Waals surface area contributed by atoms with Crippen LogP contribution in [0, 0.1) is 0 Å². The molecule has 6 heteroatoms. The molecule has 0 bridgehead atoms. The second-order valence-electron chi connectivity index (χ2n) is 5.34. The average Bonchev–Trinajstić information content (AvgIpc) is 2.26. The van der Waals surface area contributed by atoms with E-state index in [0.717, 1.165) is 0 Å². The van der Waals surface area contributed by atoms with Crippen molar-refractivity contribution in [3.8, 4) is 5.75 Å². The maximum atomic E-state index is 11.4. The molecule has 1 aromatic rings. The highest BCUT2D eigenvalue weighted by Gasteiger charge is 2.18. The molecular formula is C14H19NO5. The lowest BCUT2D eigenvalue weighted by Crippen LogP contribution is -2.26. The van der Waals surface area contributed by atoms with Gasteiger partial charge in [-0.2, -0.15) is 0 Å². The minimum absolute atomic E-state index is 0.160. The second kappa shape index (κ2) is 6.38. The van der Waals surface area contributed by atoms with E-state index in [2.05, 4.69) is 0 Å². The minimum atomic E-state index is -0.966. The third-order valence-electron chi connectivity index (χ3n) is 2.29. The van der Waals surface area contributed by atoms with Gasteiger partial charge in [0, 0.05) is 6.04 Å². The van der Waals surface area contributed by atoms with E-state index in [4.69, 9.17) is 20.3 Å². The molecule has 0 amide bonds. The maximum absolute atomic E-state index is 11.4. The summed E-state index contributed by atoms with van der Waals surface area (Å²) in [5, 5.41) is 8.66. The van der Waals surface area contributed by atoms with Gasteiger partial charge in [-0.1, -0.05) is 12.1 Å². The number of ether oxygens (including phenoxy) is 2. The van der Waals surface area contributed by atoms with Gasteiger partial charge in [-0.05, 0) is 38.5 Å². The van der Waals surface area contributed by atoms with E-state index < -0.39 is 23.8 Å². The zero-order valence-electron chi connectivity index (χ0n) is 11.8. The summed E-state index contributed by atoms with van der Waals surface area (Å²) in [6.07, 6.45) is -0.952. The smallest absolute Gasteiger partial charge is 0.481 e. The van der Waals surface area contributed by atoms with Gasteiger partial charge in [0.05, 0.1) is 6.42 Å². The predicted octanol–water partition coefficient (Wildman–Crippen LogP) is 2.48. The van der Waals surface area contributed by atoms with Gasteiger partial charge in [-0.3, -0.25) is 4.79 Å². The zero-order valence-corrected chi connectivity index (χ0v) is 11.8. The highest BCUT2D eigenvalue weighted by atomic mass is 16.7. The largest absolute Gasteiger partial charge is 0.514 e. The summed E-state index contributed by atoms with van der Waals surface area (Å²) in [4.78, 5) is 22.0. The van der Waals surface area contributed by atoms with Crippen LogP contribution < -0.4 is 10.5 Å². The molecule has 0 heterocycles. The highest BCUT2D eigenvalue weighted by molar-refractivity contribution is 5.68. The molecule has 0 fully saturated rings. The third kappa shape index (κ3) is 5.71. The van der Waals surface area contributed by atoms with E-state index in [-0.39, 0.29) is 6.42 Å². The molecule has 6 nitrogen and oxygen atoms in total. The Kier molecular flexibility index (Phi) is 5.10. The van der Waals surface area contributed by atoms with Crippen molar-refractivity contribution in [3.63, 3.8) is 0 Å². The van der Waals surface area contributed by atoms with Crippen molar-refractivity contribution in [2.75, 3.05) is 0 Å². The Bertz CT molecular complexity index is 475. The van der Waals surface area contributed by atoms with Crippen LogP contribution in [0.4, 0.5) is 4.79 Å². The molecule has 110 valence electrons. The summed E-state index contributed by atoms with van der Waals surface area (Å²) in [5.41, 5.74) is 5.75. The average molecular weight is 281 g/mol. The molecule has 0 aliphatic heterocycles. The molecule has 0 aromatic heterocycles. The van der Waals surface area contributed by atoms with Gasteiger partial charge in [0.1, 0.15) is 11.4 Å². The van der Waals surface area contributed by atoms with Crippen LogP contribution in [0.3, 0.4) is 0 Å². The first-order chi connectivity index (χ1) is 9.17. The summed E-state index contributed by atoms with van der Waals surface area (Å²) in [6.45, 7) is 5.22. The Labute approximate surface area is 117 Å². The first-order valence-electron chi connectivity index (χ1n) is 6.15. The normalized spacial score (nSPS) is 12.6. The molecule has 1 rings (SSSR count). The number of hydrogen-bond donors (Lipinski definition) is 2. The molecule has 0 saturated heterocycles. The van der Waals surface area contributed by atoms with Crippen LogP contribution in [0.25, 0.3) is 0 Å². The molecule has 0 saturated carbocycles. The fourth-order valence-electron chi connectivity index (χ4n) is 1.46. The first-order valence-corrected chi connectivity index (χ1v) is 6.15. The fraction of sp³-hybridized carbons (Fsp3) is 0.429. The Hall–Kier alpha value is -2.08. The van der Waals surface area contributed by atoms with Crippen LogP contribution >= 0.6 is 0 Å². The van der Waals surface area contributed by atoms with Gasteiger partial charge in [0.2, 0.25) is 0 Å². The lowest BCUT2D eigenvalue weighted by Gasteiger charge is -2.18. The van der Waals surface area contributed by atoms with E-state index in [0.29, 0.717) is 11.3 Å². The number of hydrogen-bond acceptors (Lipinski definition) is 5. The van der Waals surface area contributed by atoms with Crippen LogP contribution in [0.5, 0.6) is 5.75 Å². The molecular weight excluding hydrogens is 262 g/mol. The van der Waals surface area contributed by atoms with E-state index >= 15 is 0 Å². The van der Waals surface area contributed by atoms with Crippen molar-refractivity contribution in [3.05, 3.63) is 29.8 Å². The topological polar surface area (TPSA) is 98.9 Å². The molecule has 1 atom stereocenters. The maximum Gasteiger partial charge on any atom is 0.514 e. The zero-order chi connectivity index (χ0) is 15.3. The van der Waals surface area contributed by atoms with Gasteiger partial charge >= 0.3 is 12.1 Å². The van der Waals surface area contributed by atoms with Crippen LogP contribution in [-0.2, 0) is 9.53 Å². The van der Waals surface area contributed by atoms with Crippen LogP contribution in [0.1, 0.15) is 38.8 Å². The van der Waals surface area contributed by atoms with Crippen LogP contribution in [0.15, 0.2) is 24.3 Å². The number of carboxylic acids is 1. The van der Waals surface area contributed by atoms with E-state index in [9.17, 15) is 9.59 Å². The SMILES string of the molecule is CC(C)(C)OC(=O)Oc1ccc(C(N)CC(=O)O)cc1. The quantitative estimate of drug-likeness (QED) is 0.649. The lowest BCUT2D eigenvalue weighted by atomic mass is 10.1. The molecule has 20 heavy (non-hydrogen) atoms. The van der Waals surface area contributed by atoms with Crippen molar-refractivity contribution < 1.29 is 24.2 Å². The number of nitrogens with two attached hydrogens (primary N) is 1. The summed E-state index contributed by atoms with van der Waals surface area (Å²) in [7, 11) is 0. The van der Waals surface area contributed by atoms with Crippen molar-refractivity contribution in [1.82, 2.24) is 0 Å². The van der Waals surface area contributed by atoms with E-state index in [1.165, 1.54) is 0 Å². The Balaban J connectivity index is 2.63. The molecule has 1 aromatic carbocycles. The molecule has 0 radical (unpaired) electrons. The van der Waals surface area contributed by atoms with Gasteiger partial charge in [-0.15, -0.1) is 0 Å². The summed E-state index contributed by atoms with van der Waals surface area (Å²) >= 11 is 0. The van der Waals surface area contributed by atoms with Crippen LogP contribution in [-0.4, -0.2) is 22.8 Å². The Morgan fingerprint density at radius 3 is 2.25 bits per heavy atom. The number of aliphatic carboxylic acids is 1. The summed E-state index contributed by atoms with van der Waals surface area (Å²) in [6, 6.07) is 5.73. The molecule has 0 spiro atoms. The Morgan fingerprint density at radius 2 is 1.80 bits per heavy atom. The number of carbonyl (C=O) groups excluding carboxylic acids is 1. The first kappa shape index (κ1) is 16.0. The van der Waals surface area contributed by atoms with Gasteiger partial charge in [-0.25, -0.2) is 4.79 Å². The van der Waals surface area contributed by atoms with E-state index in [1.807, 2.05) is 0 Å².